The summed E-state index contributed by atoms with van der Waals surface area (Å²) in [4.78, 5) is 24.5. The topological polar surface area (TPSA) is 81.7 Å². The fourth-order valence-corrected chi connectivity index (χ4v) is 5.71. The summed E-state index contributed by atoms with van der Waals surface area (Å²) in [6, 6.07) is 25.8. The molecule has 3 aromatic carbocycles. The van der Waals surface area contributed by atoms with Crippen molar-refractivity contribution in [2.75, 3.05) is 19.6 Å². The van der Waals surface area contributed by atoms with E-state index >= 15 is 0 Å². The van der Waals surface area contributed by atoms with E-state index in [-0.39, 0.29) is 11.4 Å². The number of amides is 2. The van der Waals surface area contributed by atoms with Gasteiger partial charge in [-0.25, -0.2) is 4.79 Å². The Balaban J connectivity index is 0.000000270. The standard InChI is InChI=1S/C23H26Cl2N2O.C8H9NO2/c1-16(28)26-23(19-5-3-2-4-6-19)9-11-27(12-10-23)15-18-13-20(18)17-7-8-21(24)22(25)14-17;10-8(11)9-6-7-4-2-1-3-5-7/h2-8,14,18,20H,9-13,15H2,1H3,(H,26,28);1-5,9H,6H2,(H,10,11)/t18-,20+;/m0./s1. The molecule has 206 valence electrons. The Labute approximate surface area is 240 Å². The number of halogens is 2. The average Bonchev–Trinajstić information content (AvgIpc) is 3.70. The van der Waals surface area contributed by atoms with E-state index in [0.29, 0.717) is 28.4 Å². The van der Waals surface area contributed by atoms with Gasteiger partial charge in [-0.15, -0.1) is 0 Å². The summed E-state index contributed by atoms with van der Waals surface area (Å²) in [6.45, 7) is 5.09. The molecule has 3 N–H and O–H groups in total. The highest BCUT2D eigenvalue weighted by atomic mass is 35.5. The lowest BCUT2D eigenvalue weighted by atomic mass is 9.80. The van der Waals surface area contributed by atoms with E-state index < -0.39 is 6.09 Å². The molecule has 0 bridgehead atoms. The smallest absolute Gasteiger partial charge is 0.404 e. The number of carbonyl (C=O) groups is 2. The Bertz CT molecular complexity index is 1250. The molecule has 8 heteroatoms. The maximum absolute atomic E-state index is 11.9. The summed E-state index contributed by atoms with van der Waals surface area (Å²) in [5.41, 5.74) is 3.24. The van der Waals surface area contributed by atoms with E-state index in [0.717, 1.165) is 38.0 Å². The molecular formula is C31H35Cl2N3O3. The summed E-state index contributed by atoms with van der Waals surface area (Å²) in [5, 5.41) is 15.1. The van der Waals surface area contributed by atoms with Gasteiger partial charge in [0.05, 0.1) is 15.6 Å². The molecule has 2 aliphatic rings. The molecular weight excluding hydrogens is 533 g/mol. The van der Waals surface area contributed by atoms with Crippen LogP contribution in [-0.2, 0) is 16.9 Å². The minimum absolute atomic E-state index is 0.0409. The Morgan fingerprint density at radius 2 is 1.59 bits per heavy atom. The monoisotopic (exact) mass is 567 g/mol. The Morgan fingerprint density at radius 3 is 2.18 bits per heavy atom. The van der Waals surface area contributed by atoms with Gasteiger partial charge in [0.25, 0.3) is 0 Å². The molecule has 2 amide bonds. The zero-order valence-corrected chi connectivity index (χ0v) is 23.6. The van der Waals surface area contributed by atoms with Gasteiger partial charge in [-0.3, -0.25) is 4.79 Å². The van der Waals surface area contributed by atoms with Gasteiger partial charge in [0.15, 0.2) is 0 Å². The number of piperidine rings is 1. The minimum atomic E-state index is -0.992. The predicted octanol–water partition coefficient (Wildman–Crippen LogP) is 6.68. The molecule has 2 fully saturated rings. The van der Waals surface area contributed by atoms with E-state index in [4.69, 9.17) is 28.3 Å². The fourth-order valence-electron chi connectivity index (χ4n) is 5.40. The van der Waals surface area contributed by atoms with Crippen LogP contribution in [0.3, 0.4) is 0 Å². The highest BCUT2D eigenvalue weighted by Gasteiger charge is 2.42. The number of carbonyl (C=O) groups excluding carboxylic acids is 1. The second-order valence-corrected chi connectivity index (χ2v) is 11.2. The molecule has 3 aromatic rings. The first-order chi connectivity index (χ1) is 18.8. The van der Waals surface area contributed by atoms with Crippen molar-refractivity contribution < 1.29 is 14.7 Å². The molecule has 0 aromatic heterocycles. The zero-order chi connectivity index (χ0) is 27.8. The van der Waals surface area contributed by atoms with Crippen LogP contribution in [0.5, 0.6) is 0 Å². The first-order valence-corrected chi connectivity index (χ1v) is 14.0. The highest BCUT2D eigenvalue weighted by molar-refractivity contribution is 6.42. The summed E-state index contributed by atoms with van der Waals surface area (Å²) < 4.78 is 0. The molecule has 0 spiro atoms. The van der Waals surface area contributed by atoms with Crippen molar-refractivity contribution in [2.45, 2.75) is 44.2 Å². The molecule has 2 atom stereocenters. The largest absolute Gasteiger partial charge is 0.465 e. The van der Waals surface area contributed by atoms with Gasteiger partial charge in [0.1, 0.15) is 0 Å². The van der Waals surface area contributed by atoms with Gasteiger partial charge < -0.3 is 20.6 Å². The lowest BCUT2D eigenvalue weighted by molar-refractivity contribution is -0.121. The van der Waals surface area contributed by atoms with E-state index in [2.05, 4.69) is 45.9 Å². The maximum atomic E-state index is 11.9. The zero-order valence-electron chi connectivity index (χ0n) is 22.1. The molecule has 1 aliphatic carbocycles. The first-order valence-electron chi connectivity index (χ1n) is 13.3. The summed E-state index contributed by atoms with van der Waals surface area (Å²) >= 11 is 12.2. The Kier molecular flexibility index (Phi) is 9.89. The van der Waals surface area contributed by atoms with Gasteiger partial charge in [-0.05, 0) is 59.9 Å². The van der Waals surface area contributed by atoms with Gasteiger partial charge in [-0.2, -0.15) is 0 Å². The lowest BCUT2D eigenvalue weighted by Crippen LogP contribution is -2.52. The van der Waals surface area contributed by atoms with Crippen molar-refractivity contribution in [3.8, 4) is 0 Å². The SMILES string of the molecule is CC(=O)NC1(c2ccccc2)CCN(C[C@@H]2C[C@@H]2c2ccc(Cl)c(Cl)c2)CC1.O=C(O)NCc1ccccc1. The quantitative estimate of drug-likeness (QED) is 0.297. The van der Waals surface area contributed by atoms with E-state index in [9.17, 15) is 9.59 Å². The van der Waals surface area contributed by atoms with E-state index in [1.165, 1.54) is 17.5 Å². The molecule has 1 saturated carbocycles. The predicted molar refractivity (Wildman–Crippen MR) is 156 cm³/mol. The number of nitrogens with one attached hydrogen (secondary N) is 2. The number of hydrogen-bond donors (Lipinski definition) is 3. The van der Waals surface area contributed by atoms with Crippen LogP contribution in [0.4, 0.5) is 4.79 Å². The van der Waals surface area contributed by atoms with Crippen LogP contribution in [-0.4, -0.2) is 41.6 Å². The molecule has 39 heavy (non-hydrogen) atoms. The third kappa shape index (κ3) is 8.21. The van der Waals surface area contributed by atoms with Crippen molar-refractivity contribution in [3.63, 3.8) is 0 Å². The first kappa shape index (κ1) is 28.9. The third-order valence-electron chi connectivity index (χ3n) is 7.52. The minimum Gasteiger partial charge on any atom is -0.465 e. The van der Waals surface area contributed by atoms with E-state index in [1.54, 1.807) is 6.92 Å². The van der Waals surface area contributed by atoms with Gasteiger partial charge in [0, 0.05) is 33.1 Å². The molecule has 1 saturated heterocycles. The molecule has 1 heterocycles. The second kappa shape index (κ2) is 13.3. The van der Waals surface area contributed by atoms with E-state index in [1.807, 2.05) is 48.5 Å². The molecule has 6 nitrogen and oxygen atoms in total. The van der Waals surface area contributed by atoms with Crippen molar-refractivity contribution >= 4 is 35.2 Å². The summed E-state index contributed by atoms with van der Waals surface area (Å²) in [5.74, 6) is 1.31. The molecule has 5 rings (SSSR count). The lowest BCUT2D eigenvalue weighted by Gasteiger charge is -2.43. The van der Waals surface area contributed by atoms with Crippen LogP contribution in [0.1, 0.15) is 48.8 Å². The van der Waals surface area contributed by atoms with Crippen molar-refractivity contribution in [3.05, 3.63) is 106 Å². The number of hydrogen-bond acceptors (Lipinski definition) is 3. The summed E-state index contributed by atoms with van der Waals surface area (Å²) in [6.07, 6.45) is 2.11. The number of carboxylic acid groups (broad SMARTS) is 1. The van der Waals surface area contributed by atoms with Gasteiger partial charge in [0.2, 0.25) is 5.91 Å². The van der Waals surface area contributed by atoms with Crippen LogP contribution in [0.2, 0.25) is 10.0 Å². The fraction of sp³-hybridized carbons (Fsp3) is 0.355. The van der Waals surface area contributed by atoms with Crippen molar-refractivity contribution in [1.82, 2.24) is 15.5 Å². The van der Waals surface area contributed by atoms with Crippen LogP contribution in [0.25, 0.3) is 0 Å². The maximum Gasteiger partial charge on any atom is 0.404 e. The Morgan fingerprint density at radius 1 is 0.949 bits per heavy atom. The molecule has 1 aliphatic heterocycles. The summed E-state index contributed by atoms with van der Waals surface area (Å²) in [7, 11) is 0. The average molecular weight is 569 g/mol. The number of nitrogens with zero attached hydrogens (tertiary/aromatic N) is 1. The number of benzene rings is 3. The van der Waals surface area contributed by atoms with Crippen molar-refractivity contribution in [2.24, 2.45) is 5.92 Å². The van der Waals surface area contributed by atoms with Crippen LogP contribution in [0, 0.1) is 5.92 Å². The highest BCUT2D eigenvalue weighted by Crippen LogP contribution is 2.49. The second-order valence-electron chi connectivity index (χ2n) is 10.4. The third-order valence-corrected chi connectivity index (χ3v) is 8.26. The van der Waals surface area contributed by atoms with Gasteiger partial charge >= 0.3 is 6.09 Å². The Hall–Kier alpha value is -3.06. The van der Waals surface area contributed by atoms with Crippen molar-refractivity contribution in [1.29, 1.82) is 0 Å². The van der Waals surface area contributed by atoms with Gasteiger partial charge in [-0.1, -0.05) is 89.9 Å². The normalized spacial score (nSPS) is 19.8. The molecule has 0 radical (unpaired) electrons. The number of rotatable bonds is 7. The van der Waals surface area contributed by atoms with Crippen LogP contribution < -0.4 is 10.6 Å². The number of likely N-dealkylation sites (tertiary alicyclic amines) is 1. The molecule has 0 unspecified atom stereocenters. The van der Waals surface area contributed by atoms with Crippen LogP contribution >= 0.6 is 23.2 Å². The van der Waals surface area contributed by atoms with Crippen LogP contribution in [0.15, 0.2) is 78.9 Å².